The van der Waals surface area contributed by atoms with Gasteiger partial charge in [-0.05, 0) is 31.0 Å². The van der Waals surface area contributed by atoms with Gasteiger partial charge in [-0.3, -0.25) is 9.71 Å². The Morgan fingerprint density at radius 1 is 1.25 bits per heavy atom. The number of oxazole rings is 1. The van der Waals surface area contributed by atoms with E-state index in [4.69, 9.17) is 16.0 Å². The first-order chi connectivity index (χ1) is 17.3. The lowest BCUT2D eigenvalue weighted by Gasteiger charge is -2.26. The van der Waals surface area contributed by atoms with E-state index >= 15 is 0 Å². The van der Waals surface area contributed by atoms with Crippen molar-refractivity contribution in [1.29, 1.82) is 0 Å². The Morgan fingerprint density at radius 2 is 2.08 bits per heavy atom. The van der Waals surface area contributed by atoms with Crippen molar-refractivity contribution >= 4 is 46.3 Å². The standard InChI is InChI=1S/C17H16F3N5OS2.C6H4ClF/c18-17(19,20)13-8-26-15(23-13)11-6-22-14(16-21-3-4-27-16)25-7-9(5-12(11)25)24-28-10-1-2-10;7-5-2-1-3-6(8)4-5/h3-4,8-10,24H,1-2,5-7H2;1-4H. The molecule has 1 N–H and O–H groups in total. The summed E-state index contributed by atoms with van der Waals surface area (Å²) in [5.41, 5.74) is 0.495. The molecule has 2 fully saturated rings. The number of fused-ring (bicyclic) bond motifs is 1. The molecule has 0 radical (unpaired) electrons. The monoisotopic (exact) mass is 557 g/mol. The minimum atomic E-state index is -4.53. The van der Waals surface area contributed by atoms with E-state index in [0.717, 1.165) is 16.5 Å². The number of nitrogens with zero attached hydrogens (tertiary/aromatic N) is 4. The third-order valence-corrected chi connectivity index (χ3v) is 7.83. The third kappa shape index (κ3) is 5.93. The second-order valence-electron chi connectivity index (χ2n) is 8.32. The first-order valence-corrected chi connectivity index (χ1v) is 13.2. The average molecular weight is 558 g/mol. The van der Waals surface area contributed by atoms with Gasteiger partial charge in [0.1, 0.15) is 12.1 Å². The molecule has 4 heterocycles. The molecule has 1 saturated carbocycles. The fourth-order valence-electron chi connectivity index (χ4n) is 3.74. The summed E-state index contributed by atoms with van der Waals surface area (Å²) in [6.07, 6.45) is 0.996. The van der Waals surface area contributed by atoms with Crippen LogP contribution in [0.15, 0.2) is 57.2 Å². The van der Waals surface area contributed by atoms with Crippen molar-refractivity contribution in [2.45, 2.75) is 36.7 Å². The molecular weight excluding hydrogens is 538 g/mol. The van der Waals surface area contributed by atoms with E-state index in [0.29, 0.717) is 35.1 Å². The van der Waals surface area contributed by atoms with Gasteiger partial charge in [0.25, 0.3) is 0 Å². The molecule has 1 aromatic carbocycles. The summed E-state index contributed by atoms with van der Waals surface area (Å²) in [6.45, 7) is 0.908. The molecule has 2 aromatic heterocycles. The highest BCUT2D eigenvalue weighted by molar-refractivity contribution is 7.98. The van der Waals surface area contributed by atoms with Gasteiger partial charge in [0.15, 0.2) is 16.5 Å². The Kier molecular flexibility index (Phi) is 7.38. The van der Waals surface area contributed by atoms with E-state index in [9.17, 15) is 17.6 Å². The second kappa shape index (κ2) is 10.5. The Morgan fingerprint density at radius 3 is 2.69 bits per heavy atom. The highest BCUT2D eigenvalue weighted by Crippen LogP contribution is 2.38. The molecular formula is C23H20ClF4N5OS2. The molecule has 0 amide bonds. The molecule has 190 valence electrons. The fourth-order valence-corrected chi connectivity index (χ4v) is 5.48. The molecule has 36 heavy (non-hydrogen) atoms. The maximum absolute atomic E-state index is 12.9. The van der Waals surface area contributed by atoms with Gasteiger partial charge in [-0.25, -0.2) is 14.4 Å². The van der Waals surface area contributed by atoms with Gasteiger partial charge in [0, 0.05) is 46.6 Å². The molecule has 1 unspecified atom stereocenters. The number of hydrogen-bond donors (Lipinski definition) is 1. The SMILES string of the molecule is FC(F)(F)c1coc(C2=C3CC(NSC4CC4)CN3C(c3nccs3)=NC2)n1.Fc1cccc(Cl)c1. The zero-order chi connectivity index (χ0) is 25.3. The summed E-state index contributed by atoms with van der Waals surface area (Å²) in [5.74, 6) is 0.458. The number of hydrogen-bond acceptors (Lipinski definition) is 8. The highest BCUT2D eigenvalue weighted by Gasteiger charge is 2.39. The minimum absolute atomic E-state index is 0.00948. The Bertz CT molecular complexity index is 1260. The summed E-state index contributed by atoms with van der Waals surface area (Å²) in [6, 6.07) is 5.99. The van der Waals surface area contributed by atoms with Crippen LogP contribution in [0.1, 0.15) is 35.9 Å². The van der Waals surface area contributed by atoms with Gasteiger partial charge in [-0.1, -0.05) is 29.6 Å². The minimum Gasteiger partial charge on any atom is -0.444 e. The second-order valence-corrected chi connectivity index (χ2v) is 10.8. The summed E-state index contributed by atoms with van der Waals surface area (Å²) >= 11 is 8.65. The number of aliphatic imine (C=N–C) groups is 1. The van der Waals surface area contributed by atoms with Crippen LogP contribution >= 0.6 is 34.9 Å². The summed E-state index contributed by atoms with van der Waals surface area (Å²) in [7, 11) is 0. The number of thiazole rings is 1. The average Bonchev–Trinajstić information content (AvgIpc) is 3.24. The summed E-state index contributed by atoms with van der Waals surface area (Å²) in [5, 5.41) is 3.79. The third-order valence-electron chi connectivity index (χ3n) is 5.55. The van der Waals surface area contributed by atoms with Gasteiger partial charge in [-0.2, -0.15) is 13.2 Å². The topological polar surface area (TPSA) is 66.6 Å². The predicted molar refractivity (Wildman–Crippen MR) is 132 cm³/mol. The largest absolute Gasteiger partial charge is 0.444 e. The van der Waals surface area contributed by atoms with E-state index < -0.39 is 11.9 Å². The zero-order valence-corrected chi connectivity index (χ0v) is 21.0. The number of halogens is 5. The van der Waals surface area contributed by atoms with E-state index in [1.165, 1.54) is 36.3 Å². The Labute approximate surface area is 217 Å². The maximum atomic E-state index is 12.9. The Balaban J connectivity index is 0.000000286. The molecule has 0 spiro atoms. The van der Waals surface area contributed by atoms with Crippen LogP contribution < -0.4 is 4.72 Å². The lowest BCUT2D eigenvalue weighted by molar-refractivity contribution is -0.141. The van der Waals surface area contributed by atoms with Crippen molar-refractivity contribution in [3.63, 3.8) is 0 Å². The molecule has 13 heteroatoms. The smallest absolute Gasteiger partial charge is 0.436 e. The van der Waals surface area contributed by atoms with Gasteiger partial charge < -0.3 is 9.32 Å². The number of benzene rings is 1. The lowest BCUT2D eigenvalue weighted by Crippen LogP contribution is -2.35. The van der Waals surface area contributed by atoms with Crippen LogP contribution in [0.4, 0.5) is 17.6 Å². The van der Waals surface area contributed by atoms with Crippen LogP contribution in [-0.4, -0.2) is 45.1 Å². The zero-order valence-electron chi connectivity index (χ0n) is 18.6. The van der Waals surface area contributed by atoms with Crippen molar-refractivity contribution in [2.75, 3.05) is 13.1 Å². The predicted octanol–water partition coefficient (Wildman–Crippen LogP) is 6.28. The van der Waals surface area contributed by atoms with E-state index in [1.807, 2.05) is 10.3 Å². The van der Waals surface area contributed by atoms with Crippen molar-refractivity contribution < 1.29 is 22.0 Å². The van der Waals surface area contributed by atoms with Gasteiger partial charge in [0.05, 0.1) is 12.1 Å². The number of aromatic nitrogens is 2. The van der Waals surface area contributed by atoms with Crippen LogP contribution in [0.5, 0.6) is 0 Å². The molecule has 6 nitrogen and oxygen atoms in total. The first-order valence-electron chi connectivity index (χ1n) is 11.1. The molecule has 1 atom stereocenters. The van der Waals surface area contributed by atoms with Crippen LogP contribution in [0, 0.1) is 5.82 Å². The normalized spacial score (nSPS) is 19.6. The molecule has 1 saturated heterocycles. The fraction of sp³-hybridized carbons (Fsp3) is 0.348. The van der Waals surface area contributed by atoms with E-state index in [-0.39, 0.29) is 24.3 Å². The van der Waals surface area contributed by atoms with Gasteiger partial charge >= 0.3 is 6.18 Å². The van der Waals surface area contributed by atoms with Crippen LogP contribution in [-0.2, 0) is 6.18 Å². The number of nitrogens with one attached hydrogen (secondary N) is 1. The van der Waals surface area contributed by atoms with Gasteiger partial charge in [0.2, 0.25) is 5.89 Å². The Hall–Kier alpha value is -2.41. The van der Waals surface area contributed by atoms with Gasteiger partial charge in [-0.15, -0.1) is 11.3 Å². The van der Waals surface area contributed by atoms with Crippen LogP contribution in [0.25, 0.3) is 5.57 Å². The molecule has 2 aliphatic heterocycles. The highest BCUT2D eigenvalue weighted by atomic mass is 35.5. The maximum Gasteiger partial charge on any atom is 0.436 e. The quantitative estimate of drug-likeness (QED) is 0.294. The molecule has 3 aliphatic rings. The first kappa shape index (κ1) is 25.2. The molecule has 0 bridgehead atoms. The van der Waals surface area contributed by atoms with Crippen molar-refractivity contribution in [3.8, 4) is 0 Å². The lowest BCUT2D eigenvalue weighted by atomic mass is 10.1. The summed E-state index contributed by atoms with van der Waals surface area (Å²) < 4.78 is 59.6. The van der Waals surface area contributed by atoms with E-state index in [1.54, 1.807) is 30.3 Å². The molecule has 3 aromatic rings. The number of alkyl halides is 3. The molecule has 6 rings (SSSR count). The molecule has 1 aliphatic carbocycles. The van der Waals surface area contributed by atoms with Crippen LogP contribution in [0.2, 0.25) is 5.02 Å². The number of rotatable bonds is 5. The van der Waals surface area contributed by atoms with Crippen molar-refractivity contribution in [3.05, 3.63) is 75.2 Å². The number of amidine groups is 1. The van der Waals surface area contributed by atoms with Crippen LogP contribution in [0.3, 0.4) is 0 Å². The van der Waals surface area contributed by atoms with E-state index in [2.05, 4.69) is 19.7 Å². The van der Waals surface area contributed by atoms with Crippen molar-refractivity contribution in [1.82, 2.24) is 19.6 Å². The van der Waals surface area contributed by atoms with Crippen molar-refractivity contribution in [2.24, 2.45) is 4.99 Å². The summed E-state index contributed by atoms with van der Waals surface area (Å²) in [4.78, 5) is 14.7.